The smallest absolute Gasteiger partial charge is 0.231 e. The summed E-state index contributed by atoms with van der Waals surface area (Å²) in [6, 6.07) is 7.99. The molecule has 1 fully saturated rings. The third-order valence-electron chi connectivity index (χ3n) is 3.01. The molecule has 0 radical (unpaired) electrons. The number of carbonyl (C=O) groups excluding carboxylic acids is 1. The lowest BCUT2D eigenvalue weighted by Crippen LogP contribution is -2.24. The van der Waals surface area contributed by atoms with E-state index in [1.807, 2.05) is 31.2 Å². The highest BCUT2D eigenvalue weighted by Gasteiger charge is 2.31. The molecule has 1 N–H and O–H groups in total. The van der Waals surface area contributed by atoms with Crippen molar-refractivity contribution in [1.82, 2.24) is 10.2 Å². The van der Waals surface area contributed by atoms with E-state index in [2.05, 4.69) is 10.2 Å². The molecular weight excluding hydrogens is 262 g/mol. The van der Waals surface area contributed by atoms with E-state index < -0.39 is 6.10 Å². The molecule has 1 aliphatic rings. The van der Waals surface area contributed by atoms with Gasteiger partial charge in [0.15, 0.2) is 0 Å². The quantitative estimate of drug-likeness (QED) is 0.904. The van der Waals surface area contributed by atoms with Crippen LogP contribution in [0.5, 0.6) is 0 Å². The molecule has 1 aliphatic heterocycles. The van der Waals surface area contributed by atoms with Crippen LogP contribution in [0.3, 0.4) is 0 Å². The highest BCUT2D eigenvalue weighted by Crippen LogP contribution is 2.31. The maximum Gasteiger partial charge on any atom is 0.231 e. The van der Waals surface area contributed by atoms with E-state index in [1.54, 1.807) is 0 Å². The van der Waals surface area contributed by atoms with Crippen LogP contribution in [0.15, 0.2) is 24.3 Å². The van der Waals surface area contributed by atoms with Crippen molar-refractivity contribution in [1.29, 1.82) is 0 Å². The molecule has 2 aromatic rings. The second-order valence-corrected chi connectivity index (χ2v) is 5.58. The molecule has 1 amide bonds. The highest BCUT2D eigenvalue weighted by atomic mass is 32.1. The van der Waals surface area contributed by atoms with Gasteiger partial charge in [-0.15, -0.1) is 10.2 Å². The van der Waals surface area contributed by atoms with E-state index >= 15 is 0 Å². The number of amides is 1. The number of aryl methyl sites for hydroxylation is 1. The summed E-state index contributed by atoms with van der Waals surface area (Å²) in [7, 11) is 0. The Morgan fingerprint density at radius 2 is 2.26 bits per heavy atom. The molecule has 0 bridgehead atoms. The molecule has 19 heavy (non-hydrogen) atoms. The van der Waals surface area contributed by atoms with Crippen LogP contribution in [-0.2, 0) is 4.79 Å². The summed E-state index contributed by atoms with van der Waals surface area (Å²) in [5.41, 5.74) is 2.15. The first-order valence-corrected chi connectivity index (χ1v) is 6.84. The van der Waals surface area contributed by atoms with Gasteiger partial charge in [-0.05, 0) is 13.0 Å². The van der Waals surface area contributed by atoms with Crippen molar-refractivity contribution < 1.29 is 9.90 Å². The second kappa shape index (κ2) is 4.71. The van der Waals surface area contributed by atoms with Crippen molar-refractivity contribution in [3.8, 4) is 10.6 Å². The van der Waals surface area contributed by atoms with E-state index in [0.29, 0.717) is 11.7 Å². The Labute approximate surface area is 114 Å². The summed E-state index contributed by atoms with van der Waals surface area (Å²) in [6.07, 6.45) is -0.432. The van der Waals surface area contributed by atoms with Gasteiger partial charge in [0.05, 0.1) is 19.1 Å². The maximum absolute atomic E-state index is 11.7. The number of carbonyl (C=O) groups is 1. The first-order valence-electron chi connectivity index (χ1n) is 6.02. The van der Waals surface area contributed by atoms with Gasteiger partial charge in [0.1, 0.15) is 5.01 Å². The van der Waals surface area contributed by atoms with Gasteiger partial charge in [-0.25, -0.2) is 0 Å². The Kier molecular flexibility index (Phi) is 3.04. The van der Waals surface area contributed by atoms with E-state index in [9.17, 15) is 9.90 Å². The number of hydrogen-bond donors (Lipinski definition) is 1. The normalized spacial score (nSPS) is 19.2. The number of aliphatic hydroxyl groups is 1. The predicted molar refractivity (Wildman–Crippen MR) is 73.1 cm³/mol. The highest BCUT2D eigenvalue weighted by molar-refractivity contribution is 7.18. The molecule has 2 heterocycles. The number of aliphatic hydroxyl groups excluding tert-OH is 1. The fourth-order valence-electron chi connectivity index (χ4n) is 2.09. The molecule has 0 spiro atoms. The van der Waals surface area contributed by atoms with Crippen LogP contribution in [0.4, 0.5) is 5.13 Å². The molecule has 0 aliphatic carbocycles. The summed E-state index contributed by atoms with van der Waals surface area (Å²) in [4.78, 5) is 13.2. The van der Waals surface area contributed by atoms with E-state index in [0.717, 1.165) is 16.1 Å². The molecule has 1 aromatic carbocycles. The predicted octanol–water partition coefficient (Wildman–Crippen LogP) is 1.61. The number of aromatic nitrogens is 2. The monoisotopic (exact) mass is 275 g/mol. The van der Waals surface area contributed by atoms with Crippen LogP contribution >= 0.6 is 11.3 Å². The van der Waals surface area contributed by atoms with E-state index in [-0.39, 0.29) is 12.3 Å². The third kappa shape index (κ3) is 2.36. The number of hydrogen-bond acceptors (Lipinski definition) is 5. The summed E-state index contributed by atoms with van der Waals surface area (Å²) in [5.74, 6) is -0.0977. The van der Waals surface area contributed by atoms with Crippen LogP contribution in [0.1, 0.15) is 12.0 Å². The molecule has 1 aromatic heterocycles. The largest absolute Gasteiger partial charge is 0.391 e. The molecule has 0 saturated carbocycles. The van der Waals surface area contributed by atoms with Crippen molar-refractivity contribution >= 4 is 22.4 Å². The Morgan fingerprint density at radius 3 is 2.95 bits per heavy atom. The molecule has 1 saturated heterocycles. The summed E-state index contributed by atoms with van der Waals surface area (Å²) in [5, 5.41) is 19.0. The fourth-order valence-corrected chi connectivity index (χ4v) is 2.96. The Balaban J connectivity index is 1.90. The van der Waals surface area contributed by atoms with Gasteiger partial charge in [-0.3, -0.25) is 9.69 Å². The van der Waals surface area contributed by atoms with Gasteiger partial charge in [-0.1, -0.05) is 35.1 Å². The van der Waals surface area contributed by atoms with Gasteiger partial charge in [0.2, 0.25) is 11.0 Å². The molecule has 98 valence electrons. The zero-order valence-corrected chi connectivity index (χ0v) is 11.2. The van der Waals surface area contributed by atoms with Crippen LogP contribution in [0, 0.1) is 6.92 Å². The first-order chi connectivity index (χ1) is 9.13. The van der Waals surface area contributed by atoms with E-state index in [4.69, 9.17) is 0 Å². The zero-order chi connectivity index (χ0) is 13.4. The lowest BCUT2D eigenvalue weighted by atomic mass is 10.1. The zero-order valence-electron chi connectivity index (χ0n) is 10.4. The number of rotatable bonds is 2. The van der Waals surface area contributed by atoms with Crippen LogP contribution < -0.4 is 4.90 Å². The van der Waals surface area contributed by atoms with Crippen LogP contribution in [0.2, 0.25) is 0 Å². The minimum Gasteiger partial charge on any atom is -0.391 e. The van der Waals surface area contributed by atoms with Crippen molar-refractivity contribution in [3.63, 3.8) is 0 Å². The minimum atomic E-state index is -0.598. The molecule has 5 nitrogen and oxygen atoms in total. The second-order valence-electron chi connectivity index (χ2n) is 4.62. The lowest BCUT2D eigenvalue weighted by Gasteiger charge is -2.09. The van der Waals surface area contributed by atoms with Gasteiger partial charge in [0, 0.05) is 5.56 Å². The van der Waals surface area contributed by atoms with Crippen molar-refractivity contribution in [2.45, 2.75) is 19.4 Å². The van der Waals surface area contributed by atoms with Crippen LogP contribution in [0.25, 0.3) is 10.6 Å². The molecule has 1 atom stereocenters. The molecule has 6 heteroatoms. The molecule has 3 rings (SSSR count). The number of nitrogens with zero attached hydrogens (tertiary/aromatic N) is 3. The van der Waals surface area contributed by atoms with Crippen molar-refractivity contribution in [2.24, 2.45) is 0 Å². The SMILES string of the molecule is Cc1cccc(-c2nnc(N3CC(O)CC3=O)s2)c1. The number of benzene rings is 1. The number of β-amino-alcohol motifs (C(OH)–C–C–N with tert-alkyl or cyclic N) is 1. The van der Waals surface area contributed by atoms with E-state index in [1.165, 1.54) is 16.2 Å². The minimum absolute atomic E-state index is 0.0977. The van der Waals surface area contributed by atoms with Gasteiger partial charge in [0.25, 0.3) is 0 Å². The number of anilines is 1. The van der Waals surface area contributed by atoms with Gasteiger partial charge < -0.3 is 5.11 Å². The van der Waals surface area contributed by atoms with Crippen molar-refractivity contribution in [3.05, 3.63) is 29.8 Å². The summed E-state index contributed by atoms with van der Waals surface area (Å²) < 4.78 is 0. The lowest BCUT2D eigenvalue weighted by molar-refractivity contribution is -0.117. The van der Waals surface area contributed by atoms with Gasteiger partial charge in [-0.2, -0.15) is 0 Å². The topological polar surface area (TPSA) is 66.3 Å². The van der Waals surface area contributed by atoms with Crippen molar-refractivity contribution in [2.75, 3.05) is 11.4 Å². The Bertz CT molecular complexity index is 626. The average Bonchev–Trinajstić information content (AvgIpc) is 2.96. The third-order valence-corrected chi connectivity index (χ3v) is 4.01. The Morgan fingerprint density at radius 1 is 1.42 bits per heavy atom. The first kappa shape index (κ1) is 12.3. The summed E-state index contributed by atoms with van der Waals surface area (Å²) in [6.45, 7) is 2.33. The van der Waals surface area contributed by atoms with Crippen LogP contribution in [-0.4, -0.2) is 33.9 Å². The molecular formula is C13H13N3O2S. The van der Waals surface area contributed by atoms with Gasteiger partial charge >= 0.3 is 0 Å². The Hall–Kier alpha value is -1.79. The maximum atomic E-state index is 11.7. The summed E-state index contributed by atoms with van der Waals surface area (Å²) >= 11 is 1.37. The fraction of sp³-hybridized carbons (Fsp3) is 0.308. The molecule has 1 unspecified atom stereocenters. The standard InChI is InChI=1S/C13H13N3O2S/c1-8-3-2-4-9(5-8)12-14-15-13(19-12)16-7-10(17)6-11(16)18/h2-5,10,17H,6-7H2,1H3. The average molecular weight is 275 g/mol.